The van der Waals surface area contributed by atoms with Crippen LogP contribution in [0.25, 0.3) is 0 Å². The Bertz CT molecular complexity index is 558. The van der Waals surface area contributed by atoms with Crippen molar-refractivity contribution in [3.63, 3.8) is 0 Å². The lowest BCUT2D eigenvalue weighted by Gasteiger charge is -2.01. The molecule has 17 heavy (non-hydrogen) atoms. The van der Waals surface area contributed by atoms with E-state index >= 15 is 0 Å². The van der Waals surface area contributed by atoms with E-state index in [1.807, 2.05) is 12.1 Å². The highest BCUT2D eigenvalue weighted by atomic mass is 16.4. The highest BCUT2D eigenvalue weighted by molar-refractivity contribution is 5.86. The second kappa shape index (κ2) is 4.33. The van der Waals surface area contributed by atoms with E-state index in [4.69, 9.17) is 5.11 Å². The molecule has 0 saturated heterocycles. The summed E-state index contributed by atoms with van der Waals surface area (Å²) in [4.78, 5) is 10.9. The molecule has 0 atom stereocenters. The van der Waals surface area contributed by atoms with Gasteiger partial charge in [0.25, 0.3) is 0 Å². The molecule has 0 saturated carbocycles. The molecule has 4 nitrogen and oxygen atoms in total. The zero-order valence-electron chi connectivity index (χ0n) is 9.42. The maximum absolute atomic E-state index is 10.9. The Hall–Kier alpha value is -2.23. The van der Waals surface area contributed by atoms with Crippen molar-refractivity contribution < 1.29 is 15.0 Å². The van der Waals surface area contributed by atoms with E-state index in [0.717, 1.165) is 11.1 Å². The van der Waals surface area contributed by atoms with Gasteiger partial charge in [-0.15, -0.1) is 0 Å². The number of phenols is 1. The van der Waals surface area contributed by atoms with Gasteiger partial charge in [-0.05, 0) is 23.3 Å². The summed E-state index contributed by atoms with van der Waals surface area (Å²) in [5.74, 6) is -0.718. The molecule has 0 aliphatic carbocycles. The number of rotatable bonds is 3. The normalized spacial score (nSPS) is 10.4. The van der Waals surface area contributed by atoms with E-state index in [0.29, 0.717) is 6.42 Å². The van der Waals surface area contributed by atoms with Gasteiger partial charge >= 0.3 is 5.97 Å². The van der Waals surface area contributed by atoms with E-state index in [2.05, 4.69) is 0 Å². The molecule has 0 fully saturated rings. The number of aromatic carboxylic acids is 1. The lowest BCUT2D eigenvalue weighted by Crippen LogP contribution is -2.02. The molecule has 4 heteroatoms. The second-order valence-corrected chi connectivity index (χ2v) is 3.96. The Kier molecular flexibility index (Phi) is 2.87. The number of aromatic hydroxyl groups is 1. The Labute approximate surface area is 98.8 Å². The van der Waals surface area contributed by atoms with Crippen molar-refractivity contribution in [3.8, 4) is 5.75 Å². The molecule has 1 heterocycles. The van der Waals surface area contributed by atoms with Crippen molar-refractivity contribution >= 4 is 5.97 Å². The molecular weight excluding hydrogens is 218 g/mol. The standard InChI is InChI=1S/C13H13NO3/c1-14-8-9(7-11(14)13(16)17)6-10-4-2-3-5-12(10)15/h2-5,7-8,15H,6H2,1H3,(H,16,17). The lowest BCUT2D eigenvalue weighted by molar-refractivity contribution is 0.0686. The fraction of sp³-hybridized carbons (Fsp3) is 0.154. The molecule has 0 amide bonds. The molecule has 1 aromatic carbocycles. The van der Waals surface area contributed by atoms with Crippen molar-refractivity contribution in [1.29, 1.82) is 0 Å². The maximum Gasteiger partial charge on any atom is 0.352 e. The first-order valence-electron chi connectivity index (χ1n) is 5.23. The first-order valence-corrected chi connectivity index (χ1v) is 5.23. The van der Waals surface area contributed by atoms with Crippen LogP contribution in [0.1, 0.15) is 21.6 Å². The summed E-state index contributed by atoms with van der Waals surface area (Å²) in [6.07, 6.45) is 2.28. The van der Waals surface area contributed by atoms with E-state index < -0.39 is 5.97 Å². The highest BCUT2D eigenvalue weighted by Crippen LogP contribution is 2.20. The van der Waals surface area contributed by atoms with Crippen LogP contribution in [0.4, 0.5) is 0 Å². The van der Waals surface area contributed by atoms with Crippen molar-refractivity contribution in [3.05, 3.63) is 53.3 Å². The van der Waals surface area contributed by atoms with Crippen LogP contribution in [0.2, 0.25) is 0 Å². The smallest absolute Gasteiger partial charge is 0.352 e. The minimum absolute atomic E-state index is 0.230. The second-order valence-electron chi connectivity index (χ2n) is 3.96. The van der Waals surface area contributed by atoms with Crippen LogP contribution in [0.5, 0.6) is 5.75 Å². The zero-order chi connectivity index (χ0) is 12.4. The molecule has 88 valence electrons. The minimum Gasteiger partial charge on any atom is -0.508 e. The topological polar surface area (TPSA) is 62.5 Å². The number of aromatic nitrogens is 1. The van der Waals surface area contributed by atoms with Gasteiger partial charge in [-0.1, -0.05) is 18.2 Å². The van der Waals surface area contributed by atoms with Crippen LogP contribution in [0.3, 0.4) is 0 Å². The number of carboxylic acids is 1. The van der Waals surface area contributed by atoms with Crippen LogP contribution in [-0.4, -0.2) is 20.7 Å². The number of carbonyl (C=O) groups is 1. The Balaban J connectivity index is 2.28. The molecule has 0 radical (unpaired) electrons. The third-order valence-electron chi connectivity index (χ3n) is 2.67. The number of hydrogen-bond donors (Lipinski definition) is 2. The van der Waals surface area contributed by atoms with Gasteiger partial charge in [-0.25, -0.2) is 4.79 Å². The van der Waals surface area contributed by atoms with Gasteiger partial charge in [-0.2, -0.15) is 0 Å². The molecule has 2 rings (SSSR count). The largest absolute Gasteiger partial charge is 0.508 e. The summed E-state index contributed by atoms with van der Waals surface area (Å²) in [5, 5.41) is 18.6. The Morgan fingerprint density at radius 1 is 1.35 bits per heavy atom. The van der Waals surface area contributed by atoms with Gasteiger partial charge in [0.15, 0.2) is 0 Å². The fourth-order valence-corrected chi connectivity index (χ4v) is 1.82. The van der Waals surface area contributed by atoms with Crippen LogP contribution in [0.15, 0.2) is 36.5 Å². The molecular formula is C13H13NO3. The quantitative estimate of drug-likeness (QED) is 0.849. The number of carboxylic acid groups (broad SMARTS) is 1. The number of hydrogen-bond acceptors (Lipinski definition) is 2. The predicted molar refractivity (Wildman–Crippen MR) is 63.3 cm³/mol. The van der Waals surface area contributed by atoms with Crippen molar-refractivity contribution in [1.82, 2.24) is 4.57 Å². The fourth-order valence-electron chi connectivity index (χ4n) is 1.82. The van der Waals surface area contributed by atoms with Gasteiger partial charge < -0.3 is 14.8 Å². The van der Waals surface area contributed by atoms with E-state index in [1.54, 1.807) is 36.0 Å². The number of phenolic OH excluding ortho intramolecular Hbond substituents is 1. The summed E-state index contributed by atoms with van der Waals surface area (Å²) >= 11 is 0. The number of nitrogens with zero attached hydrogens (tertiary/aromatic N) is 1. The number of para-hydroxylation sites is 1. The van der Waals surface area contributed by atoms with Crippen molar-refractivity contribution in [2.45, 2.75) is 6.42 Å². The lowest BCUT2D eigenvalue weighted by atomic mass is 10.1. The summed E-state index contributed by atoms with van der Waals surface area (Å²) in [6.45, 7) is 0. The van der Waals surface area contributed by atoms with Crippen molar-refractivity contribution in [2.24, 2.45) is 7.05 Å². The van der Waals surface area contributed by atoms with Crippen LogP contribution in [-0.2, 0) is 13.5 Å². The molecule has 0 bridgehead atoms. The monoisotopic (exact) mass is 231 g/mol. The predicted octanol–water partition coefficient (Wildman–Crippen LogP) is 2.02. The van der Waals surface area contributed by atoms with Crippen LogP contribution in [0, 0.1) is 0 Å². The van der Waals surface area contributed by atoms with E-state index in [9.17, 15) is 9.90 Å². The Morgan fingerprint density at radius 3 is 2.65 bits per heavy atom. The molecule has 0 unspecified atom stereocenters. The first kappa shape index (κ1) is 11.3. The third kappa shape index (κ3) is 2.30. The zero-order valence-corrected chi connectivity index (χ0v) is 9.42. The van der Waals surface area contributed by atoms with E-state index in [1.165, 1.54) is 0 Å². The van der Waals surface area contributed by atoms with Gasteiger partial charge in [0, 0.05) is 19.7 Å². The van der Waals surface area contributed by atoms with Crippen LogP contribution >= 0.6 is 0 Å². The molecule has 2 aromatic rings. The maximum atomic E-state index is 10.9. The van der Waals surface area contributed by atoms with Gasteiger partial charge in [0.1, 0.15) is 11.4 Å². The molecule has 1 aromatic heterocycles. The molecule has 0 spiro atoms. The average Bonchev–Trinajstić information content (AvgIpc) is 2.63. The summed E-state index contributed by atoms with van der Waals surface area (Å²) < 4.78 is 1.57. The highest BCUT2D eigenvalue weighted by Gasteiger charge is 2.11. The number of benzene rings is 1. The van der Waals surface area contributed by atoms with Crippen LogP contribution < -0.4 is 0 Å². The molecule has 0 aliphatic rings. The molecule has 0 aliphatic heterocycles. The molecule has 2 N–H and O–H groups in total. The third-order valence-corrected chi connectivity index (χ3v) is 2.67. The Morgan fingerprint density at radius 2 is 2.06 bits per heavy atom. The number of aryl methyl sites for hydroxylation is 1. The van der Waals surface area contributed by atoms with Gasteiger partial charge in [0.05, 0.1) is 0 Å². The SMILES string of the molecule is Cn1cc(Cc2ccccc2O)cc1C(=O)O. The van der Waals surface area contributed by atoms with Crippen molar-refractivity contribution in [2.75, 3.05) is 0 Å². The first-order chi connectivity index (χ1) is 8.08. The van der Waals surface area contributed by atoms with Gasteiger partial charge in [0.2, 0.25) is 0 Å². The van der Waals surface area contributed by atoms with E-state index in [-0.39, 0.29) is 11.4 Å². The summed E-state index contributed by atoms with van der Waals surface area (Å²) in [5.41, 5.74) is 1.90. The van der Waals surface area contributed by atoms with Gasteiger partial charge in [-0.3, -0.25) is 0 Å². The average molecular weight is 231 g/mol. The minimum atomic E-state index is -0.948. The summed E-state index contributed by atoms with van der Waals surface area (Å²) in [7, 11) is 1.69. The summed E-state index contributed by atoms with van der Waals surface area (Å²) in [6, 6.07) is 8.66.